The lowest BCUT2D eigenvalue weighted by atomic mass is 10.2. The highest BCUT2D eigenvalue weighted by atomic mass is 16.7. The maximum Gasteiger partial charge on any atom is 0.347 e. The zero-order valence-corrected chi connectivity index (χ0v) is 11.9. The van der Waals surface area contributed by atoms with Gasteiger partial charge in [0.1, 0.15) is 0 Å². The molecule has 0 saturated heterocycles. The van der Waals surface area contributed by atoms with Crippen LogP contribution in [-0.4, -0.2) is 22.6 Å². The minimum atomic E-state index is -0.317. The van der Waals surface area contributed by atoms with E-state index in [2.05, 4.69) is 10.4 Å². The zero-order valence-electron chi connectivity index (χ0n) is 11.9. The van der Waals surface area contributed by atoms with Crippen LogP contribution in [0.1, 0.15) is 5.69 Å². The van der Waals surface area contributed by atoms with Crippen LogP contribution in [0.2, 0.25) is 0 Å². The number of nitrogens with zero attached hydrogens (tertiary/aromatic N) is 2. The number of ether oxygens (including phenoxy) is 2. The van der Waals surface area contributed by atoms with Crippen molar-refractivity contribution in [2.45, 2.75) is 6.92 Å². The van der Waals surface area contributed by atoms with Crippen molar-refractivity contribution in [3.8, 4) is 11.5 Å². The molecule has 0 aliphatic carbocycles. The van der Waals surface area contributed by atoms with E-state index in [1.807, 2.05) is 31.2 Å². The van der Waals surface area contributed by atoms with E-state index >= 15 is 0 Å². The molecule has 0 bridgehead atoms. The van der Waals surface area contributed by atoms with Gasteiger partial charge >= 0.3 is 6.03 Å². The summed E-state index contributed by atoms with van der Waals surface area (Å²) in [4.78, 5) is 12.5. The first kappa shape index (κ1) is 12.7. The average Bonchev–Trinajstić information content (AvgIpc) is 3.12. The topological polar surface area (TPSA) is 65.4 Å². The lowest BCUT2D eigenvalue weighted by Gasteiger charge is -2.06. The molecule has 6 heteroatoms. The van der Waals surface area contributed by atoms with Gasteiger partial charge in [-0.05, 0) is 25.1 Å². The number of amides is 1. The number of benzene rings is 2. The molecule has 2 aromatic carbocycles. The molecule has 1 N–H and O–H groups in total. The quantitative estimate of drug-likeness (QED) is 0.749. The summed E-state index contributed by atoms with van der Waals surface area (Å²) in [7, 11) is 0. The fraction of sp³-hybridized carbons (Fsp3) is 0.125. The number of aryl methyl sites for hydroxylation is 1. The van der Waals surface area contributed by atoms with E-state index in [0.29, 0.717) is 17.2 Å². The number of hydrogen-bond acceptors (Lipinski definition) is 4. The normalized spacial score (nSPS) is 12.6. The second-order valence-corrected chi connectivity index (χ2v) is 5.01. The number of anilines is 1. The minimum absolute atomic E-state index is 0.204. The second-order valence-electron chi connectivity index (χ2n) is 5.01. The van der Waals surface area contributed by atoms with Gasteiger partial charge in [-0.3, -0.25) is 0 Å². The summed E-state index contributed by atoms with van der Waals surface area (Å²) in [6, 6.07) is 12.6. The molecule has 1 aliphatic rings. The van der Waals surface area contributed by atoms with Crippen molar-refractivity contribution in [3.05, 3.63) is 48.2 Å². The van der Waals surface area contributed by atoms with Crippen molar-refractivity contribution in [1.82, 2.24) is 9.78 Å². The Morgan fingerprint density at radius 3 is 2.91 bits per heavy atom. The van der Waals surface area contributed by atoms with E-state index in [0.717, 1.165) is 16.6 Å². The molecule has 0 fully saturated rings. The maximum absolute atomic E-state index is 12.5. The van der Waals surface area contributed by atoms with Gasteiger partial charge in [0.15, 0.2) is 11.5 Å². The van der Waals surface area contributed by atoms with Crippen molar-refractivity contribution < 1.29 is 14.3 Å². The smallest absolute Gasteiger partial charge is 0.347 e. The molecule has 0 radical (unpaired) electrons. The van der Waals surface area contributed by atoms with Crippen LogP contribution in [0.4, 0.5) is 10.5 Å². The number of fused-ring (bicyclic) bond motifs is 2. The van der Waals surface area contributed by atoms with Gasteiger partial charge in [-0.1, -0.05) is 18.2 Å². The van der Waals surface area contributed by atoms with E-state index in [-0.39, 0.29) is 12.8 Å². The van der Waals surface area contributed by atoms with Crippen LogP contribution < -0.4 is 14.8 Å². The number of nitrogens with one attached hydrogen (secondary N) is 1. The lowest BCUT2D eigenvalue weighted by molar-refractivity contribution is 0.174. The summed E-state index contributed by atoms with van der Waals surface area (Å²) in [5.41, 5.74) is 2.22. The van der Waals surface area contributed by atoms with Gasteiger partial charge in [0.05, 0.1) is 11.2 Å². The molecule has 4 rings (SSSR count). The predicted octanol–water partition coefficient (Wildman–Crippen LogP) is 3.15. The third-order valence-corrected chi connectivity index (χ3v) is 3.59. The Kier molecular flexibility index (Phi) is 2.75. The summed E-state index contributed by atoms with van der Waals surface area (Å²) in [6.45, 7) is 2.09. The van der Waals surface area contributed by atoms with E-state index in [9.17, 15) is 4.79 Å². The first-order valence-corrected chi connectivity index (χ1v) is 6.88. The highest BCUT2D eigenvalue weighted by molar-refractivity contribution is 5.98. The lowest BCUT2D eigenvalue weighted by Crippen LogP contribution is -2.20. The van der Waals surface area contributed by atoms with Crippen LogP contribution in [0, 0.1) is 6.92 Å². The van der Waals surface area contributed by atoms with E-state index in [4.69, 9.17) is 9.47 Å². The summed E-state index contributed by atoms with van der Waals surface area (Å²) in [5.74, 6) is 1.30. The molecule has 0 unspecified atom stereocenters. The maximum atomic E-state index is 12.5. The average molecular weight is 295 g/mol. The number of para-hydroxylation sites is 1. The van der Waals surface area contributed by atoms with Crippen molar-refractivity contribution in [3.63, 3.8) is 0 Å². The fourth-order valence-electron chi connectivity index (χ4n) is 2.53. The third-order valence-electron chi connectivity index (χ3n) is 3.59. The number of aromatic nitrogens is 2. The van der Waals surface area contributed by atoms with Gasteiger partial charge in [0.2, 0.25) is 6.79 Å². The predicted molar refractivity (Wildman–Crippen MR) is 81.5 cm³/mol. The van der Waals surface area contributed by atoms with Crippen molar-refractivity contribution in [1.29, 1.82) is 0 Å². The largest absolute Gasteiger partial charge is 0.454 e. The van der Waals surface area contributed by atoms with Crippen LogP contribution in [0.25, 0.3) is 10.9 Å². The molecule has 6 nitrogen and oxygen atoms in total. The van der Waals surface area contributed by atoms with E-state index < -0.39 is 0 Å². The van der Waals surface area contributed by atoms with E-state index in [1.54, 1.807) is 18.2 Å². The van der Waals surface area contributed by atoms with Crippen LogP contribution >= 0.6 is 0 Å². The molecule has 0 saturated carbocycles. The van der Waals surface area contributed by atoms with Crippen molar-refractivity contribution in [2.75, 3.05) is 12.1 Å². The minimum Gasteiger partial charge on any atom is -0.454 e. The van der Waals surface area contributed by atoms with E-state index in [1.165, 1.54) is 4.68 Å². The van der Waals surface area contributed by atoms with Crippen molar-refractivity contribution >= 4 is 22.6 Å². The fourth-order valence-corrected chi connectivity index (χ4v) is 2.53. The Morgan fingerprint density at radius 2 is 2.00 bits per heavy atom. The van der Waals surface area contributed by atoms with Gasteiger partial charge in [0, 0.05) is 17.1 Å². The number of carbonyl (C=O) groups is 1. The van der Waals surface area contributed by atoms with Crippen molar-refractivity contribution in [2.24, 2.45) is 0 Å². The Hall–Kier alpha value is -3.02. The summed E-state index contributed by atoms with van der Waals surface area (Å²) >= 11 is 0. The molecule has 1 amide bonds. The molecule has 22 heavy (non-hydrogen) atoms. The summed E-state index contributed by atoms with van der Waals surface area (Å²) in [6.07, 6.45) is 0. The standard InChI is InChI=1S/C16H13N3O3/c1-10-12-4-2-3-5-13(12)19(18-10)16(20)17-11-6-7-14-15(8-11)22-9-21-14/h2-8H,9H2,1H3,(H,17,20). The number of rotatable bonds is 1. The van der Waals surface area contributed by atoms with Crippen LogP contribution in [-0.2, 0) is 0 Å². The highest BCUT2D eigenvalue weighted by Gasteiger charge is 2.16. The Balaban J connectivity index is 1.66. The van der Waals surface area contributed by atoms with Gasteiger partial charge in [0.25, 0.3) is 0 Å². The number of carbonyl (C=O) groups excluding carboxylic acids is 1. The Labute approximate surface area is 126 Å². The van der Waals surface area contributed by atoms with Crippen LogP contribution in [0.15, 0.2) is 42.5 Å². The van der Waals surface area contributed by atoms with Gasteiger partial charge in [-0.2, -0.15) is 9.78 Å². The first-order chi connectivity index (χ1) is 10.7. The molecule has 3 aromatic rings. The summed E-state index contributed by atoms with van der Waals surface area (Å²) in [5, 5.41) is 8.09. The van der Waals surface area contributed by atoms with Crippen LogP contribution in [0.5, 0.6) is 11.5 Å². The third kappa shape index (κ3) is 1.96. The molecular formula is C16H13N3O3. The van der Waals surface area contributed by atoms with Gasteiger partial charge < -0.3 is 14.8 Å². The molecular weight excluding hydrogens is 282 g/mol. The molecule has 2 heterocycles. The number of hydrogen-bond donors (Lipinski definition) is 1. The van der Waals surface area contributed by atoms with Gasteiger partial charge in [-0.25, -0.2) is 4.79 Å². The molecule has 110 valence electrons. The molecule has 0 spiro atoms. The second kappa shape index (κ2) is 4.77. The molecule has 1 aliphatic heterocycles. The molecule has 0 atom stereocenters. The molecule has 1 aromatic heterocycles. The highest BCUT2D eigenvalue weighted by Crippen LogP contribution is 2.34. The summed E-state index contributed by atoms with van der Waals surface area (Å²) < 4.78 is 11.9. The Morgan fingerprint density at radius 1 is 1.18 bits per heavy atom. The monoisotopic (exact) mass is 295 g/mol. The van der Waals surface area contributed by atoms with Crippen LogP contribution in [0.3, 0.4) is 0 Å². The Bertz CT molecular complexity index is 885. The van der Waals surface area contributed by atoms with Gasteiger partial charge in [-0.15, -0.1) is 0 Å². The SMILES string of the molecule is Cc1nn(C(=O)Nc2ccc3c(c2)OCO3)c2ccccc12. The zero-order chi connectivity index (χ0) is 15.1. The first-order valence-electron chi connectivity index (χ1n) is 6.88.